The van der Waals surface area contributed by atoms with Crippen molar-refractivity contribution < 1.29 is 21.5 Å². The molecule has 0 bridgehead atoms. The van der Waals surface area contributed by atoms with Crippen LogP contribution in [-0.4, -0.2) is 31.0 Å². The first kappa shape index (κ1) is 13.7. The molecule has 1 aromatic rings. The molecule has 1 saturated heterocycles. The van der Waals surface area contributed by atoms with E-state index in [1.165, 1.54) is 18.2 Å². The molecule has 0 aliphatic carbocycles. The van der Waals surface area contributed by atoms with E-state index in [1.54, 1.807) is 0 Å². The maximum atomic E-state index is 13.6. The van der Waals surface area contributed by atoms with Crippen LogP contribution in [0.2, 0.25) is 0 Å². The van der Waals surface area contributed by atoms with Crippen LogP contribution < -0.4 is 5.73 Å². The predicted octanol–water partition coefficient (Wildman–Crippen LogP) is 0.808. The number of likely N-dealkylation sites (tertiary alicyclic amines) is 1. The van der Waals surface area contributed by atoms with Crippen LogP contribution in [0, 0.1) is 5.82 Å². The zero-order chi connectivity index (χ0) is 14.2. The molecule has 0 aromatic heterocycles. The molecule has 104 valence electrons. The number of hydrogen-bond donors (Lipinski definition) is 1. The summed E-state index contributed by atoms with van der Waals surface area (Å²) in [5.74, 6) is -1.12. The van der Waals surface area contributed by atoms with Crippen molar-refractivity contribution in [3.8, 4) is 0 Å². The Balaban J connectivity index is 2.19. The number of nitrogens with zero attached hydrogens (tertiary/aromatic N) is 1. The summed E-state index contributed by atoms with van der Waals surface area (Å²) in [6, 6.07) is 4.09. The van der Waals surface area contributed by atoms with Crippen LogP contribution >= 0.6 is 0 Å². The van der Waals surface area contributed by atoms with E-state index in [4.69, 9.17) is 5.73 Å². The highest BCUT2D eigenvalue weighted by atomic mass is 32.3. The Morgan fingerprint density at radius 2 is 2.11 bits per heavy atom. The van der Waals surface area contributed by atoms with Gasteiger partial charge < -0.3 is 10.6 Å². The quantitative estimate of drug-likeness (QED) is 0.660. The molecule has 1 aromatic carbocycles. The molecule has 8 heteroatoms. The van der Waals surface area contributed by atoms with Gasteiger partial charge in [0.1, 0.15) is 11.1 Å². The second-order valence-electron chi connectivity index (χ2n) is 4.38. The monoisotopic (exact) mass is 290 g/mol. The van der Waals surface area contributed by atoms with E-state index in [-0.39, 0.29) is 24.3 Å². The van der Waals surface area contributed by atoms with E-state index >= 15 is 0 Å². The van der Waals surface area contributed by atoms with Crippen LogP contribution in [0.4, 0.5) is 14.0 Å². The molecular formula is C11H12F2N2O3S. The molecule has 1 amide bonds. The summed E-state index contributed by atoms with van der Waals surface area (Å²) < 4.78 is 47.9. The molecular weight excluding hydrogens is 278 g/mol. The van der Waals surface area contributed by atoms with Crippen molar-refractivity contribution in [3.05, 3.63) is 29.6 Å². The van der Waals surface area contributed by atoms with Gasteiger partial charge in [-0.2, -0.15) is 8.42 Å². The fourth-order valence-electron chi connectivity index (χ4n) is 2.01. The highest BCUT2D eigenvalue weighted by Gasteiger charge is 2.38. The lowest BCUT2D eigenvalue weighted by atomic mass is 10.1. The fourth-order valence-corrected chi connectivity index (χ4v) is 2.71. The lowest BCUT2D eigenvalue weighted by Gasteiger charge is -2.17. The Morgan fingerprint density at radius 3 is 2.63 bits per heavy atom. The molecule has 0 saturated carbocycles. The summed E-state index contributed by atoms with van der Waals surface area (Å²) in [6.07, 6.45) is -0.423. The van der Waals surface area contributed by atoms with Crippen molar-refractivity contribution in [1.29, 1.82) is 0 Å². The number of anilines is 1. The molecule has 1 aliphatic rings. The van der Waals surface area contributed by atoms with Gasteiger partial charge in [0.15, 0.2) is 0 Å². The number of rotatable bonds is 3. The van der Waals surface area contributed by atoms with Crippen LogP contribution in [0.25, 0.3) is 0 Å². The molecule has 1 aliphatic heterocycles. The Bertz CT molecular complexity index is 598. The normalized spacial score (nSPS) is 20.0. The first-order valence-corrected chi connectivity index (χ1v) is 6.98. The zero-order valence-corrected chi connectivity index (χ0v) is 10.7. The fraction of sp³-hybridized carbons (Fsp3) is 0.364. The molecule has 1 atom stereocenters. The van der Waals surface area contributed by atoms with Gasteiger partial charge in [0.25, 0.3) is 0 Å². The molecule has 5 nitrogen and oxygen atoms in total. The Morgan fingerprint density at radius 1 is 1.42 bits per heavy atom. The molecule has 2 rings (SSSR count). The van der Waals surface area contributed by atoms with Crippen LogP contribution in [0.15, 0.2) is 18.2 Å². The number of amides is 1. The van der Waals surface area contributed by atoms with Crippen LogP contribution in [-0.2, 0) is 21.6 Å². The topological polar surface area (TPSA) is 80.5 Å². The highest BCUT2D eigenvalue weighted by molar-refractivity contribution is 7.87. The standard InChI is InChI=1S/C11H12F2N2O3S/c12-9-2-1-3-10(14)8(9)6-15-5-7(4-11(15)16)19(13,17)18/h1-3,7H,4-6,14H2. The molecule has 1 heterocycles. The summed E-state index contributed by atoms with van der Waals surface area (Å²) in [4.78, 5) is 12.7. The number of nitrogen functional groups attached to an aromatic ring is 1. The maximum absolute atomic E-state index is 13.6. The average Bonchev–Trinajstić information content (AvgIpc) is 2.65. The number of nitrogens with two attached hydrogens (primary N) is 1. The van der Waals surface area contributed by atoms with Gasteiger partial charge in [-0.05, 0) is 12.1 Å². The van der Waals surface area contributed by atoms with E-state index < -0.39 is 33.6 Å². The average molecular weight is 290 g/mol. The summed E-state index contributed by atoms with van der Waals surface area (Å²) in [5.41, 5.74) is 5.87. The van der Waals surface area contributed by atoms with Gasteiger partial charge in [-0.25, -0.2) is 4.39 Å². The van der Waals surface area contributed by atoms with E-state index in [2.05, 4.69) is 0 Å². The molecule has 2 N–H and O–H groups in total. The van der Waals surface area contributed by atoms with Gasteiger partial charge >= 0.3 is 10.2 Å². The van der Waals surface area contributed by atoms with E-state index in [9.17, 15) is 21.5 Å². The van der Waals surface area contributed by atoms with Gasteiger partial charge in [-0.3, -0.25) is 4.79 Å². The molecule has 19 heavy (non-hydrogen) atoms. The Kier molecular flexibility index (Phi) is 3.44. The first-order valence-electron chi connectivity index (χ1n) is 5.53. The van der Waals surface area contributed by atoms with Gasteiger partial charge in [-0.1, -0.05) is 6.07 Å². The van der Waals surface area contributed by atoms with Gasteiger partial charge in [0, 0.05) is 24.2 Å². The summed E-state index contributed by atoms with van der Waals surface area (Å²) in [7, 11) is -4.77. The minimum atomic E-state index is -4.77. The third-order valence-electron chi connectivity index (χ3n) is 3.08. The SMILES string of the molecule is Nc1cccc(F)c1CN1CC(S(=O)(=O)F)CC1=O. The van der Waals surface area contributed by atoms with Crippen molar-refractivity contribution in [1.82, 2.24) is 4.90 Å². The summed E-state index contributed by atoms with van der Waals surface area (Å²) >= 11 is 0. The Labute approximate surface area is 109 Å². The van der Waals surface area contributed by atoms with Crippen molar-refractivity contribution in [2.45, 2.75) is 18.2 Å². The van der Waals surface area contributed by atoms with Crippen molar-refractivity contribution in [2.24, 2.45) is 0 Å². The second-order valence-corrected chi connectivity index (χ2v) is 6.00. The largest absolute Gasteiger partial charge is 0.398 e. The van der Waals surface area contributed by atoms with E-state index in [1.807, 2.05) is 0 Å². The highest BCUT2D eigenvalue weighted by Crippen LogP contribution is 2.24. The predicted molar refractivity (Wildman–Crippen MR) is 64.7 cm³/mol. The van der Waals surface area contributed by atoms with Crippen molar-refractivity contribution >= 4 is 21.8 Å². The first-order chi connectivity index (χ1) is 8.79. The second kappa shape index (κ2) is 4.76. The molecule has 1 unspecified atom stereocenters. The van der Waals surface area contributed by atoms with Gasteiger partial charge in [0.2, 0.25) is 5.91 Å². The smallest absolute Gasteiger partial charge is 0.307 e. The third kappa shape index (κ3) is 2.83. The lowest BCUT2D eigenvalue weighted by Crippen LogP contribution is -2.27. The maximum Gasteiger partial charge on any atom is 0.307 e. The minimum Gasteiger partial charge on any atom is -0.398 e. The number of halogens is 2. The zero-order valence-electron chi connectivity index (χ0n) is 9.84. The molecule has 0 spiro atoms. The molecule has 1 fully saturated rings. The van der Waals surface area contributed by atoms with Gasteiger partial charge in [0.05, 0.1) is 6.54 Å². The lowest BCUT2D eigenvalue weighted by molar-refractivity contribution is -0.128. The van der Waals surface area contributed by atoms with Gasteiger partial charge in [-0.15, -0.1) is 3.89 Å². The number of carbonyl (C=O) groups is 1. The third-order valence-corrected chi connectivity index (χ3v) is 4.19. The minimum absolute atomic E-state index is 0.104. The van der Waals surface area contributed by atoms with Crippen LogP contribution in [0.3, 0.4) is 0 Å². The van der Waals surface area contributed by atoms with Crippen molar-refractivity contribution in [2.75, 3.05) is 12.3 Å². The Hall–Kier alpha value is -1.70. The number of carbonyl (C=O) groups excluding carboxylic acids is 1. The van der Waals surface area contributed by atoms with Crippen LogP contribution in [0.5, 0.6) is 0 Å². The summed E-state index contributed by atoms with van der Waals surface area (Å²) in [6.45, 7) is -0.450. The molecule has 0 radical (unpaired) electrons. The van der Waals surface area contributed by atoms with Crippen molar-refractivity contribution in [3.63, 3.8) is 0 Å². The van der Waals surface area contributed by atoms with E-state index in [0.29, 0.717) is 0 Å². The van der Waals surface area contributed by atoms with E-state index in [0.717, 1.165) is 4.90 Å². The number of benzene rings is 1. The van der Waals surface area contributed by atoms with Crippen LogP contribution in [0.1, 0.15) is 12.0 Å². The number of hydrogen-bond acceptors (Lipinski definition) is 4. The summed E-state index contributed by atoms with van der Waals surface area (Å²) in [5, 5.41) is -1.38.